The van der Waals surface area contributed by atoms with E-state index in [1.165, 1.54) is 0 Å². The number of benzene rings is 2. The molecule has 2 aromatic carbocycles. The monoisotopic (exact) mass is 576 g/mol. The number of carbonyl (C=O) groups excluding carboxylic acids is 3. The summed E-state index contributed by atoms with van der Waals surface area (Å²) in [5, 5.41) is 18.0. The van der Waals surface area contributed by atoms with Gasteiger partial charge in [0.25, 0.3) is 0 Å². The molecule has 4 aromatic rings. The lowest BCUT2D eigenvalue weighted by molar-refractivity contribution is -0.137. The largest absolute Gasteiger partial charge is 0.481 e. The van der Waals surface area contributed by atoms with Crippen molar-refractivity contribution in [3.05, 3.63) is 70.3 Å². The maximum atomic E-state index is 13.1. The summed E-state index contributed by atoms with van der Waals surface area (Å²) in [6, 6.07) is 11.5. The van der Waals surface area contributed by atoms with Crippen LogP contribution in [0.4, 0.5) is 4.79 Å². The van der Waals surface area contributed by atoms with Crippen molar-refractivity contribution in [2.45, 2.75) is 45.1 Å². The first kappa shape index (κ1) is 29.8. The number of rotatable bonds is 13. The number of urea groups is 1. The van der Waals surface area contributed by atoms with E-state index >= 15 is 0 Å². The van der Waals surface area contributed by atoms with Gasteiger partial charge in [-0.1, -0.05) is 30.3 Å². The van der Waals surface area contributed by atoms with E-state index in [-0.39, 0.29) is 44.3 Å². The SMILES string of the molecule is Cc1c(CC(=O)N[C@H](CCCNC(N)=O)C(=O)NCCCC(=O)O)c(=O)oc2cc3occ(-c4ccccc4)c3cc12. The molecule has 0 unspecified atom stereocenters. The van der Waals surface area contributed by atoms with Crippen LogP contribution >= 0.6 is 0 Å². The van der Waals surface area contributed by atoms with Crippen molar-refractivity contribution in [2.24, 2.45) is 5.73 Å². The first-order chi connectivity index (χ1) is 20.1. The highest BCUT2D eigenvalue weighted by Crippen LogP contribution is 2.34. The van der Waals surface area contributed by atoms with Gasteiger partial charge in [-0.05, 0) is 43.4 Å². The van der Waals surface area contributed by atoms with Gasteiger partial charge in [0.1, 0.15) is 17.2 Å². The molecule has 12 heteroatoms. The van der Waals surface area contributed by atoms with E-state index in [1.807, 2.05) is 36.4 Å². The van der Waals surface area contributed by atoms with Crippen LogP contribution in [-0.4, -0.2) is 48.1 Å². The highest BCUT2D eigenvalue weighted by atomic mass is 16.4. The van der Waals surface area contributed by atoms with Gasteiger partial charge in [0.2, 0.25) is 11.8 Å². The van der Waals surface area contributed by atoms with Gasteiger partial charge >= 0.3 is 17.6 Å². The summed E-state index contributed by atoms with van der Waals surface area (Å²) in [5.41, 5.74) is 7.84. The number of nitrogens with one attached hydrogen (secondary N) is 3. The molecule has 0 bridgehead atoms. The summed E-state index contributed by atoms with van der Waals surface area (Å²) in [6.07, 6.45) is 1.92. The number of carboxylic acid groups (broad SMARTS) is 1. The van der Waals surface area contributed by atoms with E-state index in [0.717, 1.165) is 16.5 Å². The molecule has 0 aliphatic rings. The number of amides is 4. The number of aryl methyl sites for hydroxylation is 1. The maximum Gasteiger partial charge on any atom is 0.340 e. The Labute approximate surface area is 240 Å². The van der Waals surface area contributed by atoms with E-state index < -0.39 is 35.5 Å². The Hall–Kier alpha value is -5.13. The quantitative estimate of drug-likeness (QED) is 0.118. The number of furan rings is 1. The summed E-state index contributed by atoms with van der Waals surface area (Å²) < 4.78 is 11.3. The minimum absolute atomic E-state index is 0.109. The van der Waals surface area contributed by atoms with E-state index in [4.69, 9.17) is 19.7 Å². The average molecular weight is 577 g/mol. The van der Waals surface area contributed by atoms with Crippen molar-refractivity contribution in [1.82, 2.24) is 16.0 Å². The number of carboxylic acids is 1. The minimum atomic E-state index is -0.985. The van der Waals surface area contributed by atoms with Crippen molar-refractivity contribution < 1.29 is 33.1 Å². The third-order valence-electron chi connectivity index (χ3n) is 6.89. The van der Waals surface area contributed by atoms with Crippen LogP contribution in [0.2, 0.25) is 0 Å². The second-order valence-electron chi connectivity index (χ2n) is 9.87. The number of fused-ring (bicyclic) bond motifs is 2. The molecule has 2 aromatic heterocycles. The molecule has 42 heavy (non-hydrogen) atoms. The predicted molar refractivity (Wildman–Crippen MR) is 155 cm³/mol. The van der Waals surface area contributed by atoms with Gasteiger partial charge in [0.05, 0.1) is 18.2 Å². The van der Waals surface area contributed by atoms with Crippen molar-refractivity contribution in [3.63, 3.8) is 0 Å². The lowest BCUT2D eigenvalue weighted by Gasteiger charge is -2.19. The fourth-order valence-corrected chi connectivity index (χ4v) is 4.72. The Bertz CT molecular complexity index is 1680. The Balaban J connectivity index is 1.54. The Morgan fingerprint density at radius 2 is 1.71 bits per heavy atom. The van der Waals surface area contributed by atoms with Crippen LogP contribution in [-0.2, 0) is 20.8 Å². The molecular formula is C30H32N4O8. The van der Waals surface area contributed by atoms with Crippen molar-refractivity contribution in [1.29, 1.82) is 0 Å². The van der Waals surface area contributed by atoms with Crippen LogP contribution in [0.25, 0.3) is 33.1 Å². The van der Waals surface area contributed by atoms with Crippen LogP contribution in [0.15, 0.2) is 62.4 Å². The fourth-order valence-electron chi connectivity index (χ4n) is 4.72. The number of aliphatic carboxylic acids is 1. The second-order valence-corrected chi connectivity index (χ2v) is 9.87. The lowest BCUT2D eigenvalue weighted by Crippen LogP contribution is -2.48. The van der Waals surface area contributed by atoms with Gasteiger partial charge in [0, 0.05) is 41.9 Å². The van der Waals surface area contributed by atoms with Crippen LogP contribution in [0, 0.1) is 6.92 Å². The van der Waals surface area contributed by atoms with E-state index in [1.54, 1.807) is 19.3 Å². The van der Waals surface area contributed by atoms with Crippen molar-refractivity contribution >= 4 is 45.8 Å². The molecule has 0 aliphatic carbocycles. The lowest BCUT2D eigenvalue weighted by atomic mass is 9.99. The van der Waals surface area contributed by atoms with Gasteiger partial charge < -0.3 is 35.6 Å². The smallest absolute Gasteiger partial charge is 0.340 e. The number of nitrogens with two attached hydrogens (primary N) is 1. The zero-order valence-electron chi connectivity index (χ0n) is 23.0. The number of carbonyl (C=O) groups is 4. The van der Waals surface area contributed by atoms with Gasteiger partial charge in [-0.3, -0.25) is 14.4 Å². The molecule has 12 nitrogen and oxygen atoms in total. The number of primary amides is 1. The summed E-state index contributed by atoms with van der Waals surface area (Å²) in [7, 11) is 0. The molecule has 2 heterocycles. The molecule has 0 aliphatic heterocycles. The van der Waals surface area contributed by atoms with Gasteiger partial charge in [0.15, 0.2) is 0 Å². The van der Waals surface area contributed by atoms with Crippen molar-refractivity contribution in [3.8, 4) is 11.1 Å². The molecule has 4 amide bonds. The van der Waals surface area contributed by atoms with Crippen LogP contribution in [0.5, 0.6) is 0 Å². The van der Waals surface area contributed by atoms with Crippen molar-refractivity contribution in [2.75, 3.05) is 13.1 Å². The third-order valence-corrected chi connectivity index (χ3v) is 6.89. The molecule has 220 valence electrons. The zero-order chi connectivity index (χ0) is 30.2. The Morgan fingerprint density at radius 1 is 0.976 bits per heavy atom. The predicted octanol–water partition coefficient (Wildman–Crippen LogP) is 2.97. The number of hydrogen-bond acceptors (Lipinski definition) is 7. The minimum Gasteiger partial charge on any atom is -0.481 e. The molecule has 1 atom stereocenters. The molecule has 0 spiro atoms. The van der Waals surface area contributed by atoms with Gasteiger partial charge in [-0.15, -0.1) is 0 Å². The summed E-state index contributed by atoms with van der Waals surface area (Å²) >= 11 is 0. The standard InChI is InChI=1S/C30H32N4O8/c1-17-19-13-21-22(18-7-3-2-4-8-18)16-41-24(21)15-25(19)42-29(39)20(17)14-26(35)34-23(9-5-12-33-30(31)40)28(38)32-11-6-10-27(36)37/h2-4,7-8,13,15-16,23H,5-6,9-12,14H2,1H3,(H,32,38)(H,34,35)(H,36,37)(H3,31,33,40)/t23-/m1/s1. The third kappa shape index (κ3) is 7.33. The first-order valence-electron chi connectivity index (χ1n) is 13.5. The highest BCUT2D eigenvalue weighted by molar-refractivity contribution is 6.02. The summed E-state index contributed by atoms with van der Waals surface area (Å²) in [4.78, 5) is 60.5. The molecule has 0 fully saturated rings. The molecular weight excluding hydrogens is 544 g/mol. The molecule has 0 saturated carbocycles. The van der Waals surface area contributed by atoms with Crippen LogP contribution in [0.3, 0.4) is 0 Å². The Kier molecular flexibility index (Phi) is 9.58. The van der Waals surface area contributed by atoms with Gasteiger partial charge in [-0.2, -0.15) is 0 Å². The van der Waals surface area contributed by atoms with Gasteiger partial charge in [-0.25, -0.2) is 9.59 Å². The van der Waals surface area contributed by atoms with Crippen LogP contribution in [0.1, 0.15) is 36.8 Å². The van der Waals surface area contributed by atoms with E-state index in [9.17, 15) is 24.0 Å². The molecule has 0 radical (unpaired) electrons. The number of hydrogen-bond donors (Lipinski definition) is 5. The highest BCUT2D eigenvalue weighted by Gasteiger charge is 2.23. The summed E-state index contributed by atoms with van der Waals surface area (Å²) in [6.45, 7) is 2.03. The first-order valence-corrected chi connectivity index (χ1v) is 13.5. The maximum absolute atomic E-state index is 13.1. The van der Waals surface area contributed by atoms with Crippen LogP contribution < -0.4 is 27.3 Å². The average Bonchev–Trinajstić information content (AvgIpc) is 3.37. The fraction of sp³-hybridized carbons (Fsp3) is 0.300. The normalized spacial score (nSPS) is 11.7. The summed E-state index contributed by atoms with van der Waals surface area (Å²) in [5.74, 6) is -2.07. The molecule has 4 rings (SSSR count). The Morgan fingerprint density at radius 3 is 2.43 bits per heavy atom. The molecule has 6 N–H and O–H groups in total. The zero-order valence-corrected chi connectivity index (χ0v) is 23.0. The van der Waals surface area contributed by atoms with E-state index in [0.29, 0.717) is 28.5 Å². The topological polar surface area (TPSA) is 194 Å². The van der Waals surface area contributed by atoms with E-state index in [2.05, 4.69) is 16.0 Å². The molecule has 0 saturated heterocycles. The second kappa shape index (κ2) is 13.5.